The molecule has 0 amide bonds. The van der Waals surface area contributed by atoms with Crippen molar-refractivity contribution in [1.82, 2.24) is 0 Å². The van der Waals surface area contributed by atoms with E-state index in [1.54, 1.807) is 0 Å². The van der Waals surface area contributed by atoms with E-state index < -0.39 is 59.2 Å². The molecule has 2 nitrogen and oxygen atoms in total. The minimum atomic E-state index is -7.87. The van der Waals surface area contributed by atoms with Gasteiger partial charge in [-0.05, 0) is 0 Å². The predicted octanol–water partition coefficient (Wildman–Crippen LogP) is 3.92. The molecule has 27 heavy (non-hydrogen) atoms. The SMILES string of the molecule is O=C(C(F)C(=O)C1(F)C(F)(F)C(F)(F)C(F)(F)C(F)(F)C1(F)F)C(F)(F)F. The molecule has 158 valence electrons. The van der Waals surface area contributed by atoms with Crippen molar-refractivity contribution in [1.29, 1.82) is 0 Å². The molecule has 1 aliphatic rings. The van der Waals surface area contributed by atoms with Crippen LogP contribution >= 0.6 is 0 Å². The van der Waals surface area contributed by atoms with Crippen molar-refractivity contribution >= 4 is 11.6 Å². The molecule has 1 saturated carbocycles. The first kappa shape index (κ1) is 23.3. The van der Waals surface area contributed by atoms with Crippen molar-refractivity contribution in [2.45, 2.75) is 47.6 Å². The van der Waals surface area contributed by atoms with E-state index in [2.05, 4.69) is 0 Å². The fourth-order valence-electron chi connectivity index (χ4n) is 1.97. The number of Topliss-reactive ketones (excluding diaryl/α,β-unsaturated/α-hetero) is 2. The molecule has 1 fully saturated rings. The Morgan fingerprint density at radius 3 is 1.11 bits per heavy atom. The molecule has 0 spiro atoms. The highest BCUT2D eigenvalue weighted by atomic mass is 19.4. The Bertz CT molecular complexity index is 630. The van der Waals surface area contributed by atoms with E-state index in [0.29, 0.717) is 0 Å². The Kier molecular flexibility index (Phi) is 4.69. The van der Waals surface area contributed by atoms with Gasteiger partial charge in [0, 0.05) is 0 Å². The van der Waals surface area contributed by atoms with Crippen LogP contribution in [0.2, 0.25) is 0 Å². The summed E-state index contributed by atoms with van der Waals surface area (Å²) < 4.78 is 194. The molecule has 1 rings (SSSR count). The van der Waals surface area contributed by atoms with Gasteiger partial charge in [-0.25, -0.2) is 8.78 Å². The van der Waals surface area contributed by atoms with Gasteiger partial charge in [0.25, 0.3) is 5.78 Å². The Morgan fingerprint density at radius 2 is 0.852 bits per heavy atom. The van der Waals surface area contributed by atoms with E-state index in [-0.39, 0.29) is 0 Å². The average Bonchev–Trinajstić information content (AvgIpc) is 2.48. The minimum absolute atomic E-state index is 4.21. The van der Waals surface area contributed by atoms with E-state index >= 15 is 0 Å². The Morgan fingerprint density at radius 1 is 0.593 bits per heavy atom. The zero-order valence-corrected chi connectivity index (χ0v) is 11.6. The van der Waals surface area contributed by atoms with Gasteiger partial charge < -0.3 is 0 Å². The first-order chi connectivity index (χ1) is 11.5. The molecule has 0 aromatic rings. The zero-order valence-electron chi connectivity index (χ0n) is 11.6. The van der Waals surface area contributed by atoms with Gasteiger partial charge in [0.2, 0.25) is 12.0 Å². The summed E-state index contributed by atoms with van der Waals surface area (Å²) in [6, 6.07) is 0. The number of halogens is 15. The summed E-state index contributed by atoms with van der Waals surface area (Å²) >= 11 is 0. The summed E-state index contributed by atoms with van der Waals surface area (Å²) in [7, 11) is 0. The number of alkyl halides is 15. The Labute approximate surface area is 136 Å². The molecular formula is C10HF15O2. The largest absolute Gasteiger partial charge is 0.453 e. The van der Waals surface area contributed by atoms with Crippen LogP contribution in [0.4, 0.5) is 65.9 Å². The molecule has 17 heteroatoms. The van der Waals surface area contributed by atoms with Crippen LogP contribution in [0.3, 0.4) is 0 Å². The molecule has 1 unspecified atom stereocenters. The van der Waals surface area contributed by atoms with Crippen molar-refractivity contribution < 1.29 is 75.4 Å². The van der Waals surface area contributed by atoms with Gasteiger partial charge in [0.15, 0.2) is 0 Å². The summed E-state index contributed by atoms with van der Waals surface area (Å²) in [5, 5.41) is 0. The fraction of sp³-hybridized carbons (Fsp3) is 0.800. The highest BCUT2D eigenvalue weighted by molar-refractivity contribution is 6.11. The van der Waals surface area contributed by atoms with Crippen molar-refractivity contribution in [3.63, 3.8) is 0 Å². The summed E-state index contributed by atoms with van der Waals surface area (Å²) in [4.78, 5) is 21.3. The lowest BCUT2D eigenvalue weighted by Crippen LogP contribution is -2.86. The van der Waals surface area contributed by atoms with Crippen molar-refractivity contribution in [2.75, 3.05) is 0 Å². The summed E-state index contributed by atoms with van der Waals surface area (Å²) in [6.07, 6.45) is -12.0. The normalized spacial score (nSPS) is 28.3. The third kappa shape index (κ3) is 2.31. The van der Waals surface area contributed by atoms with Crippen molar-refractivity contribution in [3.05, 3.63) is 0 Å². The summed E-state index contributed by atoms with van der Waals surface area (Å²) in [5.74, 6) is -48.1. The van der Waals surface area contributed by atoms with Crippen LogP contribution in [0, 0.1) is 0 Å². The van der Waals surface area contributed by atoms with Gasteiger partial charge in [-0.15, -0.1) is 0 Å². The Hall–Kier alpha value is -1.71. The topological polar surface area (TPSA) is 34.1 Å². The van der Waals surface area contributed by atoms with Gasteiger partial charge in [-0.2, -0.15) is 57.1 Å². The van der Waals surface area contributed by atoms with Gasteiger partial charge in [0.1, 0.15) is 0 Å². The molecule has 0 bridgehead atoms. The second-order valence-corrected chi connectivity index (χ2v) is 5.12. The fourth-order valence-corrected chi connectivity index (χ4v) is 1.97. The van der Waals surface area contributed by atoms with Crippen LogP contribution in [-0.2, 0) is 9.59 Å². The number of hydrogen-bond donors (Lipinski definition) is 0. The van der Waals surface area contributed by atoms with Crippen LogP contribution in [0.25, 0.3) is 0 Å². The highest BCUT2D eigenvalue weighted by Gasteiger charge is 3.03. The maximum absolute atomic E-state index is 14.0. The standard InChI is InChI=1S/C10HF15O2/c11-1(3(27)5(13,14)15)2(26)4(12)6(16,17)8(20,21)10(24,25)9(22,23)7(4,18)19/h1H. The zero-order chi connectivity index (χ0) is 22.2. The molecule has 0 N–H and O–H groups in total. The molecule has 1 atom stereocenters. The molecular weight excluding hydrogens is 437 g/mol. The van der Waals surface area contributed by atoms with Crippen molar-refractivity contribution in [2.24, 2.45) is 0 Å². The molecule has 0 heterocycles. The van der Waals surface area contributed by atoms with Crippen molar-refractivity contribution in [3.8, 4) is 0 Å². The van der Waals surface area contributed by atoms with Gasteiger partial charge in [0.05, 0.1) is 0 Å². The first-order valence-corrected chi connectivity index (χ1v) is 5.85. The van der Waals surface area contributed by atoms with Crippen LogP contribution in [0.15, 0.2) is 0 Å². The maximum atomic E-state index is 14.0. The molecule has 0 aliphatic heterocycles. The number of ketones is 2. The lowest BCUT2D eigenvalue weighted by molar-refractivity contribution is -0.476. The minimum Gasteiger partial charge on any atom is -0.292 e. The van der Waals surface area contributed by atoms with Crippen LogP contribution in [0.5, 0.6) is 0 Å². The second-order valence-electron chi connectivity index (χ2n) is 5.12. The molecule has 0 radical (unpaired) electrons. The number of hydrogen-bond acceptors (Lipinski definition) is 2. The lowest BCUT2D eigenvalue weighted by atomic mass is 9.69. The third-order valence-electron chi connectivity index (χ3n) is 3.52. The highest BCUT2D eigenvalue weighted by Crippen LogP contribution is 2.69. The lowest BCUT2D eigenvalue weighted by Gasteiger charge is -2.51. The van der Waals surface area contributed by atoms with E-state index in [9.17, 15) is 75.4 Å². The van der Waals surface area contributed by atoms with E-state index in [1.807, 2.05) is 0 Å². The van der Waals surface area contributed by atoms with Crippen LogP contribution in [-0.4, -0.2) is 59.2 Å². The quantitative estimate of drug-likeness (QED) is 0.495. The molecule has 0 aromatic carbocycles. The van der Waals surface area contributed by atoms with E-state index in [4.69, 9.17) is 0 Å². The third-order valence-corrected chi connectivity index (χ3v) is 3.52. The number of rotatable bonds is 3. The number of carbonyl (C=O) groups is 2. The van der Waals surface area contributed by atoms with Gasteiger partial charge in [-0.1, -0.05) is 0 Å². The van der Waals surface area contributed by atoms with Crippen LogP contribution < -0.4 is 0 Å². The summed E-state index contributed by atoms with van der Waals surface area (Å²) in [6.45, 7) is 0. The van der Waals surface area contributed by atoms with Gasteiger partial charge >= 0.3 is 41.5 Å². The summed E-state index contributed by atoms with van der Waals surface area (Å²) in [5.41, 5.74) is -7.66. The molecule has 0 aromatic heterocycles. The average molecular weight is 438 g/mol. The molecule has 1 aliphatic carbocycles. The maximum Gasteiger partial charge on any atom is 0.453 e. The smallest absolute Gasteiger partial charge is 0.292 e. The van der Waals surface area contributed by atoms with E-state index in [1.165, 1.54) is 0 Å². The predicted molar refractivity (Wildman–Crippen MR) is 49.5 cm³/mol. The molecule has 0 saturated heterocycles. The Balaban J connectivity index is 3.82. The van der Waals surface area contributed by atoms with E-state index in [0.717, 1.165) is 0 Å². The van der Waals surface area contributed by atoms with Crippen LogP contribution in [0.1, 0.15) is 0 Å². The monoisotopic (exact) mass is 438 g/mol. The second kappa shape index (κ2) is 5.42. The van der Waals surface area contributed by atoms with Gasteiger partial charge in [-0.3, -0.25) is 9.59 Å². The first-order valence-electron chi connectivity index (χ1n) is 5.85. The number of carbonyl (C=O) groups excluding carboxylic acids is 2.